The second kappa shape index (κ2) is 8.31. The van der Waals surface area contributed by atoms with Crippen molar-refractivity contribution in [2.75, 3.05) is 6.54 Å². The van der Waals surface area contributed by atoms with Gasteiger partial charge in [0.25, 0.3) is 0 Å². The largest absolute Gasteiger partial charge is 0.390 e. The SMILES string of the molecule is CC(C)CC(C)NC[C@@H](O)[C@@H](N)Cc1ccccc1. The van der Waals surface area contributed by atoms with Crippen LogP contribution in [0.25, 0.3) is 0 Å². The molecule has 3 heteroatoms. The van der Waals surface area contributed by atoms with Crippen molar-refractivity contribution in [2.24, 2.45) is 11.7 Å². The van der Waals surface area contributed by atoms with Crippen molar-refractivity contribution < 1.29 is 5.11 Å². The number of hydrogen-bond donors (Lipinski definition) is 3. The van der Waals surface area contributed by atoms with E-state index in [-0.39, 0.29) is 6.04 Å². The molecule has 0 aliphatic carbocycles. The molecule has 0 aliphatic rings. The van der Waals surface area contributed by atoms with E-state index in [0.717, 1.165) is 6.42 Å². The Morgan fingerprint density at radius 1 is 1.16 bits per heavy atom. The summed E-state index contributed by atoms with van der Waals surface area (Å²) < 4.78 is 0. The Labute approximate surface area is 117 Å². The van der Waals surface area contributed by atoms with Crippen LogP contribution in [-0.4, -0.2) is 29.8 Å². The van der Waals surface area contributed by atoms with Gasteiger partial charge in [0, 0.05) is 18.6 Å². The van der Waals surface area contributed by atoms with Gasteiger partial charge < -0.3 is 16.2 Å². The third-order valence-electron chi connectivity index (χ3n) is 3.31. The highest BCUT2D eigenvalue weighted by atomic mass is 16.3. The van der Waals surface area contributed by atoms with Gasteiger partial charge >= 0.3 is 0 Å². The smallest absolute Gasteiger partial charge is 0.0818 e. The van der Waals surface area contributed by atoms with Gasteiger partial charge in [-0.3, -0.25) is 0 Å². The van der Waals surface area contributed by atoms with E-state index < -0.39 is 6.10 Å². The van der Waals surface area contributed by atoms with E-state index in [2.05, 4.69) is 26.1 Å². The molecule has 3 atom stereocenters. The summed E-state index contributed by atoms with van der Waals surface area (Å²) in [4.78, 5) is 0. The second-order valence-electron chi connectivity index (χ2n) is 5.86. The van der Waals surface area contributed by atoms with Crippen molar-refractivity contribution in [3.8, 4) is 0 Å². The predicted molar refractivity (Wildman–Crippen MR) is 81.0 cm³/mol. The molecule has 0 aliphatic heterocycles. The van der Waals surface area contributed by atoms with E-state index in [0.29, 0.717) is 24.9 Å². The molecule has 0 saturated carbocycles. The average Bonchev–Trinajstić information content (AvgIpc) is 2.36. The molecule has 1 unspecified atom stereocenters. The zero-order valence-electron chi connectivity index (χ0n) is 12.3. The molecular weight excluding hydrogens is 236 g/mol. The minimum absolute atomic E-state index is 0.221. The Morgan fingerprint density at radius 2 is 1.79 bits per heavy atom. The van der Waals surface area contributed by atoms with Crippen LogP contribution in [0, 0.1) is 5.92 Å². The summed E-state index contributed by atoms with van der Waals surface area (Å²) in [6.45, 7) is 7.11. The fraction of sp³-hybridized carbons (Fsp3) is 0.625. The second-order valence-corrected chi connectivity index (χ2v) is 5.86. The van der Waals surface area contributed by atoms with Crippen LogP contribution in [-0.2, 0) is 6.42 Å². The van der Waals surface area contributed by atoms with Crippen LogP contribution in [0.2, 0.25) is 0 Å². The summed E-state index contributed by atoms with van der Waals surface area (Å²) in [6.07, 6.45) is 1.32. The molecule has 108 valence electrons. The molecular formula is C16H28N2O. The van der Waals surface area contributed by atoms with E-state index in [1.807, 2.05) is 30.3 Å². The molecule has 1 aromatic rings. The summed E-state index contributed by atoms with van der Waals surface area (Å²) in [6, 6.07) is 10.3. The zero-order valence-corrected chi connectivity index (χ0v) is 12.3. The standard InChI is InChI=1S/C16H28N2O/c1-12(2)9-13(3)18-11-16(19)15(17)10-14-7-5-4-6-8-14/h4-8,12-13,15-16,18-19H,9-11,17H2,1-3H3/t13?,15-,16+/m0/s1. The topological polar surface area (TPSA) is 58.3 Å². The first-order valence-corrected chi connectivity index (χ1v) is 7.20. The fourth-order valence-electron chi connectivity index (χ4n) is 2.29. The summed E-state index contributed by atoms with van der Waals surface area (Å²) in [5.41, 5.74) is 7.22. The van der Waals surface area contributed by atoms with Crippen LogP contribution >= 0.6 is 0 Å². The molecule has 0 aromatic heterocycles. The fourth-order valence-corrected chi connectivity index (χ4v) is 2.29. The third-order valence-corrected chi connectivity index (χ3v) is 3.31. The van der Waals surface area contributed by atoms with Gasteiger partial charge in [-0.15, -0.1) is 0 Å². The molecule has 0 bridgehead atoms. The molecule has 0 spiro atoms. The number of hydrogen-bond acceptors (Lipinski definition) is 3. The van der Waals surface area contributed by atoms with E-state index >= 15 is 0 Å². The van der Waals surface area contributed by atoms with Gasteiger partial charge in [0.1, 0.15) is 0 Å². The number of benzene rings is 1. The van der Waals surface area contributed by atoms with Crippen LogP contribution in [0.4, 0.5) is 0 Å². The van der Waals surface area contributed by atoms with E-state index in [1.165, 1.54) is 5.56 Å². The minimum Gasteiger partial charge on any atom is -0.390 e. The molecule has 19 heavy (non-hydrogen) atoms. The molecule has 4 N–H and O–H groups in total. The monoisotopic (exact) mass is 264 g/mol. The molecule has 0 heterocycles. The summed E-state index contributed by atoms with van der Waals surface area (Å²) in [5.74, 6) is 0.664. The normalized spacial score (nSPS) is 16.3. The van der Waals surface area contributed by atoms with Crippen LogP contribution < -0.4 is 11.1 Å². The first-order chi connectivity index (χ1) is 8.99. The Balaban J connectivity index is 2.30. The summed E-state index contributed by atoms with van der Waals surface area (Å²) in [7, 11) is 0. The molecule has 1 aromatic carbocycles. The molecule has 0 radical (unpaired) electrons. The van der Waals surface area contributed by atoms with Gasteiger partial charge in [0.15, 0.2) is 0 Å². The Morgan fingerprint density at radius 3 is 2.37 bits per heavy atom. The number of nitrogens with one attached hydrogen (secondary N) is 1. The Hall–Kier alpha value is -0.900. The highest BCUT2D eigenvalue weighted by Gasteiger charge is 2.16. The van der Waals surface area contributed by atoms with Gasteiger partial charge in [-0.2, -0.15) is 0 Å². The van der Waals surface area contributed by atoms with Gasteiger partial charge in [-0.1, -0.05) is 44.2 Å². The summed E-state index contributed by atoms with van der Waals surface area (Å²) >= 11 is 0. The number of aliphatic hydroxyl groups excluding tert-OH is 1. The molecule has 3 nitrogen and oxygen atoms in total. The maximum atomic E-state index is 10.1. The van der Waals surface area contributed by atoms with E-state index in [4.69, 9.17) is 5.73 Å². The predicted octanol–water partition coefficient (Wildman–Crippen LogP) is 1.94. The van der Waals surface area contributed by atoms with Gasteiger partial charge in [0.2, 0.25) is 0 Å². The lowest BCUT2D eigenvalue weighted by Gasteiger charge is -2.22. The van der Waals surface area contributed by atoms with Gasteiger partial charge in [-0.25, -0.2) is 0 Å². The molecule has 1 rings (SSSR count). The van der Waals surface area contributed by atoms with Gasteiger partial charge in [0.05, 0.1) is 6.10 Å². The first kappa shape index (κ1) is 16.2. The van der Waals surface area contributed by atoms with E-state index in [1.54, 1.807) is 0 Å². The van der Waals surface area contributed by atoms with Crippen LogP contribution in [0.1, 0.15) is 32.8 Å². The summed E-state index contributed by atoms with van der Waals surface area (Å²) in [5, 5.41) is 13.4. The lowest BCUT2D eigenvalue weighted by atomic mass is 10.0. The van der Waals surface area contributed by atoms with Crippen LogP contribution in [0.15, 0.2) is 30.3 Å². The van der Waals surface area contributed by atoms with Crippen molar-refractivity contribution in [3.05, 3.63) is 35.9 Å². The Kier molecular flexibility index (Phi) is 7.06. The number of rotatable bonds is 8. The maximum absolute atomic E-state index is 10.1. The zero-order chi connectivity index (χ0) is 14.3. The van der Waals surface area contributed by atoms with Crippen molar-refractivity contribution >= 4 is 0 Å². The van der Waals surface area contributed by atoms with Crippen molar-refractivity contribution in [3.63, 3.8) is 0 Å². The molecule has 0 saturated heterocycles. The van der Waals surface area contributed by atoms with E-state index in [9.17, 15) is 5.11 Å². The number of nitrogens with two attached hydrogens (primary N) is 1. The minimum atomic E-state index is -0.505. The third kappa shape index (κ3) is 6.71. The molecule has 0 fully saturated rings. The highest BCUT2D eigenvalue weighted by Crippen LogP contribution is 2.06. The maximum Gasteiger partial charge on any atom is 0.0818 e. The quantitative estimate of drug-likeness (QED) is 0.672. The number of aliphatic hydroxyl groups is 1. The lowest BCUT2D eigenvalue weighted by molar-refractivity contribution is 0.137. The molecule has 0 amide bonds. The van der Waals surface area contributed by atoms with Crippen molar-refractivity contribution in [1.82, 2.24) is 5.32 Å². The Bertz CT molecular complexity index is 340. The van der Waals surface area contributed by atoms with Gasteiger partial charge in [-0.05, 0) is 31.2 Å². The lowest BCUT2D eigenvalue weighted by Crippen LogP contribution is -2.45. The van der Waals surface area contributed by atoms with Crippen molar-refractivity contribution in [1.29, 1.82) is 0 Å². The van der Waals surface area contributed by atoms with Crippen LogP contribution in [0.3, 0.4) is 0 Å². The van der Waals surface area contributed by atoms with Crippen molar-refractivity contribution in [2.45, 2.75) is 51.8 Å². The highest BCUT2D eigenvalue weighted by molar-refractivity contribution is 5.16. The first-order valence-electron chi connectivity index (χ1n) is 7.20. The van der Waals surface area contributed by atoms with Crippen LogP contribution in [0.5, 0.6) is 0 Å². The average molecular weight is 264 g/mol.